The van der Waals surface area contributed by atoms with Crippen molar-refractivity contribution in [2.45, 2.75) is 25.8 Å². The van der Waals surface area contributed by atoms with Gasteiger partial charge in [0.1, 0.15) is 5.75 Å². The molecule has 136 valence electrons. The molecule has 1 heterocycles. The number of ether oxygens (including phenoxy) is 1. The third-order valence-electron chi connectivity index (χ3n) is 4.38. The quantitative estimate of drug-likeness (QED) is 0.756. The molecule has 26 heavy (non-hydrogen) atoms. The fourth-order valence-corrected chi connectivity index (χ4v) is 3.20. The number of nitrogens with two attached hydrogens (primary N) is 1. The Balaban J connectivity index is 1.58. The lowest BCUT2D eigenvalue weighted by molar-refractivity contribution is -0.674. The minimum atomic E-state index is -0.360. The molecule has 0 unspecified atom stereocenters. The summed E-state index contributed by atoms with van der Waals surface area (Å²) < 4.78 is 5.40. The monoisotopic (exact) mass is 373 g/mol. The van der Waals surface area contributed by atoms with Crippen molar-refractivity contribution >= 4 is 29.1 Å². The number of imide groups is 1. The highest BCUT2D eigenvalue weighted by molar-refractivity contribution is 6.30. The SMILES string of the molecule is CCOc1ccc(N2C(=O)C[C@H]([NH2+]CCc3ccc(Cl)cc3)C2=O)cc1. The molecule has 1 saturated heterocycles. The Morgan fingerprint density at radius 1 is 1.12 bits per heavy atom. The van der Waals surface area contributed by atoms with E-state index in [1.807, 2.05) is 36.5 Å². The number of halogens is 1. The Morgan fingerprint density at radius 3 is 2.46 bits per heavy atom. The Kier molecular flexibility index (Phi) is 5.91. The van der Waals surface area contributed by atoms with Gasteiger partial charge in [0.05, 0.1) is 25.3 Å². The maximum atomic E-state index is 12.6. The van der Waals surface area contributed by atoms with Crippen LogP contribution in [0.2, 0.25) is 5.02 Å². The number of anilines is 1. The molecule has 1 aliphatic heterocycles. The highest BCUT2D eigenvalue weighted by Crippen LogP contribution is 2.24. The Labute approximate surface area is 157 Å². The van der Waals surface area contributed by atoms with Crippen LogP contribution in [-0.2, 0) is 16.0 Å². The first-order valence-corrected chi connectivity index (χ1v) is 9.13. The van der Waals surface area contributed by atoms with Crippen molar-refractivity contribution in [3.8, 4) is 5.75 Å². The second-order valence-corrected chi connectivity index (χ2v) is 6.64. The lowest BCUT2D eigenvalue weighted by atomic mass is 10.1. The molecule has 2 amide bonds. The number of quaternary nitrogens is 1. The first-order chi connectivity index (χ1) is 12.6. The molecule has 0 aromatic heterocycles. The summed E-state index contributed by atoms with van der Waals surface area (Å²) in [7, 11) is 0. The zero-order valence-electron chi connectivity index (χ0n) is 14.7. The fourth-order valence-electron chi connectivity index (χ4n) is 3.07. The second-order valence-electron chi connectivity index (χ2n) is 6.21. The number of hydrogen-bond donors (Lipinski definition) is 1. The van der Waals surface area contributed by atoms with Gasteiger partial charge in [0.15, 0.2) is 6.04 Å². The van der Waals surface area contributed by atoms with Gasteiger partial charge in [-0.25, -0.2) is 4.90 Å². The van der Waals surface area contributed by atoms with Crippen LogP contribution in [0.25, 0.3) is 0 Å². The van der Waals surface area contributed by atoms with Crippen LogP contribution in [0.4, 0.5) is 5.69 Å². The van der Waals surface area contributed by atoms with Crippen molar-refractivity contribution in [3.63, 3.8) is 0 Å². The number of carbonyl (C=O) groups is 2. The summed E-state index contributed by atoms with van der Waals surface area (Å²) in [6, 6.07) is 14.3. The van der Waals surface area contributed by atoms with E-state index in [1.54, 1.807) is 24.3 Å². The van der Waals surface area contributed by atoms with Gasteiger partial charge < -0.3 is 10.1 Å². The van der Waals surface area contributed by atoms with Crippen molar-refractivity contribution in [2.75, 3.05) is 18.1 Å². The summed E-state index contributed by atoms with van der Waals surface area (Å²) in [6.07, 6.45) is 1.05. The molecular formula is C20H22ClN2O3+. The van der Waals surface area contributed by atoms with Crippen molar-refractivity contribution < 1.29 is 19.6 Å². The molecule has 0 bridgehead atoms. The van der Waals surface area contributed by atoms with E-state index in [2.05, 4.69) is 0 Å². The number of amides is 2. The van der Waals surface area contributed by atoms with Crippen LogP contribution in [0.1, 0.15) is 18.9 Å². The number of nitrogens with zero attached hydrogens (tertiary/aromatic N) is 1. The highest BCUT2D eigenvalue weighted by atomic mass is 35.5. The Morgan fingerprint density at radius 2 is 1.81 bits per heavy atom. The molecule has 1 aliphatic rings. The van der Waals surface area contributed by atoms with Gasteiger partial charge in [-0.05, 0) is 48.9 Å². The molecule has 0 radical (unpaired) electrons. The predicted octanol–water partition coefficient (Wildman–Crippen LogP) is 2.18. The average Bonchev–Trinajstić information content (AvgIpc) is 2.92. The molecule has 0 spiro atoms. The molecule has 2 N–H and O–H groups in total. The molecule has 1 atom stereocenters. The van der Waals surface area contributed by atoms with Crippen LogP contribution in [0.3, 0.4) is 0 Å². The molecular weight excluding hydrogens is 352 g/mol. The molecule has 0 aliphatic carbocycles. The van der Waals surface area contributed by atoms with Gasteiger partial charge in [-0.2, -0.15) is 0 Å². The summed E-state index contributed by atoms with van der Waals surface area (Å²) in [6.45, 7) is 3.22. The summed E-state index contributed by atoms with van der Waals surface area (Å²) >= 11 is 5.88. The minimum absolute atomic E-state index is 0.157. The minimum Gasteiger partial charge on any atom is -0.494 e. The maximum absolute atomic E-state index is 12.6. The summed E-state index contributed by atoms with van der Waals surface area (Å²) in [5, 5.41) is 2.66. The zero-order valence-corrected chi connectivity index (χ0v) is 15.4. The molecule has 1 fully saturated rings. The van der Waals surface area contributed by atoms with E-state index in [0.717, 1.165) is 24.3 Å². The van der Waals surface area contributed by atoms with Gasteiger partial charge in [0, 0.05) is 11.4 Å². The largest absolute Gasteiger partial charge is 0.494 e. The first kappa shape index (κ1) is 18.4. The van der Waals surface area contributed by atoms with Crippen molar-refractivity contribution in [1.82, 2.24) is 0 Å². The van der Waals surface area contributed by atoms with E-state index in [-0.39, 0.29) is 24.3 Å². The van der Waals surface area contributed by atoms with Gasteiger partial charge in [-0.15, -0.1) is 0 Å². The Hall–Kier alpha value is -2.37. The lowest BCUT2D eigenvalue weighted by Gasteiger charge is -2.15. The topological polar surface area (TPSA) is 63.2 Å². The van der Waals surface area contributed by atoms with E-state index in [9.17, 15) is 9.59 Å². The summed E-state index contributed by atoms with van der Waals surface area (Å²) in [5.74, 6) is 0.406. The number of hydrogen-bond acceptors (Lipinski definition) is 3. The molecule has 5 nitrogen and oxygen atoms in total. The fraction of sp³-hybridized carbons (Fsp3) is 0.300. The third-order valence-corrected chi connectivity index (χ3v) is 4.64. The normalized spacial score (nSPS) is 17.0. The molecule has 2 aromatic carbocycles. The van der Waals surface area contributed by atoms with E-state index < -0.39 is 0 Å². The van der Waals surface area contributed by atoms with Crippen molar-refractivity contribution in [2.24, 2.45) is 0 Å². The van der Waals surface area contributed by atoms with Gasteiger partial charge in [0.25, 0.3) is 5.91 Å². The van der Waals surface area contributed by atoms with E-state index in [0.29, 0.717) is 17.3 Å². The standard InChI is InChI=1S/C20H21ClN2O3/c1-2-26-17-9-7-16(8-10-17)23-19(24)13-18(20(23)25)22-12-11-14-3-5-15(21)6-4-14/h3-10,18,22H,2,11-13H2,1H3/p+1/t18-/m0/s1. The van der Waals surface area contributed by atoms with Crippen LogP contribution >= 0.6 is 11.6 Å². The van der Waals surface area contributed by atoms with Gasteiger partial charge >= 0.3 is 0 Å². The summed E-state index contributed by atoms with van der Waals surface area (Å²) in [5.41, 5.74) is 1.75. The lowest BCUT2D eigenvalue weighted by Crippen LogP contribution is -2.92. The second kappa shape index (κ2) is 8.34. The summed E-state index contributed by atoms with van der Waals surface area (Å²) in [4.78, 5) is 26.2. The molecule has 3 rings (SSSR count). The average molecular weight is 374 g/mol. The molecule has 6 heteroatoms. The van der Waals surface area contributed by atoms with Gasteiger partial charge in [-0.3, -0.25) is 9.59 Å². The molecule has 0 saturated carbocycles. The van der Waals surface area contributed by atoms with Crippen molar-refractivity contribution in [1.29, 1.82) is 0 Å². The van der Waals surface area contributed by atoms with Crippen LogP contribution in [0.15, 0.2) is 48.5 Å². The van der Waals surface area contributed by atoms with Crippen molar-refractivity contribution in [3.05, 3.63) is 59.1 Å². The number of carbonyl (C=O) groups excluding carboxylic acids is 2. The smallest absolute Gasteiger partial charge is 0.292 e. The van der Waals surface area contributed by atoms with Gasteiger partial charge in [0.2, 0.25) is 5.91 Å². The number of rotatable bonds is 7. The number of benzene rings is 2. The zero-order chi connectivity index (χ0) is 18.5. The van der Waals surface area contributed by atoms with Crippen LogP contribution in [0.5, 0.6) is 5.75 Å². The van der Waals surface area contributed by atoms with E-state index in [4.69, 9.17) is 16.3 Å². The predicted molar refractivity (Wildman–Crippen MR) is 100 cm³/mol. The first-order valence-electron chi connectivity index (χ1n) is 8.76. The van der Waals surface area contributed by atoms with Crippen LogP contribution in [0, 0.1) is 0 Å². The van der Waals surface area contributed by atoms with E-state index in [1.165, 1.54) is 4.90 Å². The molecule has 2 aromatic rings. The Bertz CT molecular complexity index is 775. The highest BCUT2D eigenvalue weighted by Gasteiger charge is 2.42. The van der Waals surface area contributed by atoms with Crippen LogP contribution < -0.4 is 15.0 Å². The van der Waals surface area contributed by atoms with Gasteiger partial charge in [-0.1, -0.05) is 23.7 Å². The van der Waals surface area contributed by atoms with E-state index >= 15 is 0 Å². The third kappa shape index (κ3) is 4.23. The maximum Gasteiger partial charge on any atom is 0.292 e. The van der Waals surface area contributed by atoms with Crippen LogP contribution in [-0.4, -0.2) is 31.0 Å².